The summed E-state index contributed by atoms with van der Waals surface area (Å²) in [5.74, 6) is 1.24. The summed E-state index contributed by atoms with van der Waals surface area (Å²) in [6, 6.07) is 8.13. The van der Waals surface area contributed by atoms with Gasteiger partial charge >= 0.3 is 5.97 Å². The minimum absolute atomic E-state index is 0.0733. The quantitative estimate of drug-likeness (QED) is 0.850. The van der Waals surface area contributed by atoms with Crippen molar-refractivity contribution in [3.63, 3.8) is 0 Å². The van der Waals surface area contributed by atoms with E-state index in [0.717, 1.165) is 25.8 Å². The zero-order valence-electron chi connectivity index (χ0n) is 13.0. The molecule has 1 aliphatic heterocycles. The molecule has 1 aliphatic carbocycles. The predicted molar refractivity (Wildman–Crippen MR) is 82.8 cm³/mol. The van der Waals surface area contributed by atoms with Gasteiger partial charge in [0.05, 0.1) is 0 Å². The van der Waals surface area contributed by atoms with E-state index in [4.69, 9.17) is 4.74 Å². The highest BCUT2D eigenvalue weighted by Crippen LogP contribution is 2.30. The number of nitrogens with one attached hydrogen (secondary N) is 1. The van der Waals surface area contributed by atoms with Crippen molar-refractivity contribution in [1.29, 1.82) is 0 Å². The summed E-state index contributed by atoms with van der Waals surface area (Å²) in [4.78, 5) is 12.4. The Morgan fingerprint density at radius 1 is 1.10 bits per heavy atom. The average molecular weight is 287 g/mol. The first kappa shape index (κ1) is 14.6. The summed E-state index contributed by atoms with van der Waals surface area (Å²) in [6.07, 6.45) is 4.13. The maximum absolute atomic E-state index is 12.4. The first-order valence-electron chi connectivity index (χ1n) is 8.12. The molecule has 1 heterocycles. The van der Waals surface area contributed by atoms with Crippen LogP contribution in [0.5, 0.6) is 0 Å². The summed E-state index contributed by atoms with van der Waals surface area (Å²) in [5, 5.41) is 3.31. The lowest BCUT2D eigenvalue weighted by Crippen LogP contribution is -2.44. The van der Waals surface area contributed by atoms with Gasteiger partial charge in [-0.2, -0.15) is 0 Å². The lowest BCUT2D eigenvalue weighted by atomic mass is 9.82. The Bertz CT molecular complexity index is 504. The molecule has 114 valence electrons. The minimum atomic E-state index is -0.188. The van der Waals surface area contributed by atoms with E-state index in [0.29, 0.717) is 11.8 Å². The largest absolute Gasteiger partial charge is 0.461 e. The van der Waals surface area contributed by atoms with Crippen LogP contribution < -0.4 is 5.32 Å². The fraction of sp³-hybridized carbons (Fsp3) is 0.611. The molecule has 0 saturated heterocycles. The summed E-state index contributed by atoms with van der Waals surface area (Å²) in [7, 11) is 0. The smallest absolute Gasteiger partial charge is 0.323 e. The lowest BCUT2D eigenvalue weighted by molar-refractivity contribution is -0.154. The fourth-order valence-electron chi connectivity index (χ4n) is 3.84. The molecule has 3 nitrogen and oxygen atoms in total. The van der Waals surface area contributed by atoms with Gasteiger partial charge in [-0.3, -0.25) is 4.79 Å². The van der Waals surface area contributed by atoms with Crippen LogP contribution in [0.4, 0.5) is 0 Å². The van der Waals surface area contributed by atoms with Crippen molar-refractivity contribution in [2.45, 2.75) is 58.2 Å². The van der Waals surface area contributed by atoms with Gasteiger partial charge in [0.15, 0.2) is 0 Å². The van der Waals surface area contributed by atoms with E-state index in [1.165, 1.54) is 17.5 Å². The topological polar surface area (TPSA) is 38.3 Å². The molecule has 0 bridgehead atoms. The van der Waals surface area contributed by atoms with Crippen LogP contribution >= 0.6 is 0 Å². The Hall–Kier alpha value is -1.35. The van der Waals surface area contributed by atoms with Crippen LogP contribution in [0.25, 0.3) is 0 Å². The van der Waals surface area contributed by atoms with Crippen LogP contribution in [0.1, 0.15) is 44.2 Å². The third-order valence-corrected chi connectivity index (χ3v) is 4.78. The number of fused-ring (bicyclic) bond motifs is 1. The van der Waals surface area contributed by atoms with Crippen LogP contribution in [0, 0.1) is 11.8 Å². The number of rotatable bonds is 2. The molecule has 0 aromatic heterocycles. The molecule has 1 aromatic carbocycles. The van der Waals surface area contributed by atoms with Crippen LogP contribution in [-0.2, 0) is 22.5 Å². The van der Waals surface area contributed by atoms with E-state index in [1.807, 2.05) is 12.1 Å². The van der Waals surface area contributed by atoms with Gasteiger partial charge in [-0.05, 0) is 48.6 Å². The van der Waals surface area contributed by atoms with Gasteiger partial charge in [0.25, 0.3) is 0 Å². The number of ether oxygens (including phenoxy) is 1. The second-order valence-corrected chi connectivity index (χ2v) is 6.88. The van der Waals surface area contributed by atoms with E-state index < -0.39 is 0 Å². The Morgan fingerprint density at radius 3 is 2.48 bits per heavy atom. The Kier molecular flexibility index (Phi) is 4.29. The molecule has 3 rings (SSSR count). The molecule has 0 spiro atoms. The van der Waals surface area contributed by atoms with E-state index in [2.05, 4.69) is 31.3 Å². The molecular weight excluding hydrogens is 262 g/mol. The van der Waals surface area contributed by atoms with Crippen LogP contribution in [0.15, 0.2) is 24.3 Å². The first-order chi connectivity index (χ1) is 10.1. The number of hydrogen-bond acceptors (Lipinski definition) is 3. The fourth-order valence-corrected chi connectivity index (χ4v) is 3.84. The Balaban J connectivity index is 1.59. The zero-order chi connectivity index (χ0) is 14.8. The highest BCUT2D eigenvalue weighted by atomic mass is 16.5. The number of esters is 1. The predicted octanol–water partition coefficient (Wildman–Crippen LogP) is 3.07. The van der Waals surface area contributed by atoms with E-state index in [9.17, 15) is 4.79 Å². The molecule has 0 radical (unpaired) electrons. The first-order valence-corrected chi connectivity index (χ1v) is 8.12. The molecular formula is C18H25NO2. The average Bonchev–Trinajstić information content (AvgIpc) is 2.45. The maximum atomic E-state index is 12.4. The van der Waals surface area contributed by atoms with Gasteiger partial charge < -0.3 is 10.1 Å². The van der Waals surface area contributed by atoms with Crippen LogP contribution in [0.3, 0.4) is 0 Å². The van der Waals surface area contributed by atoms with Crippen molar-refractivity contribution in [1.82, 2.24) is 5.32 Å². The summed E-state index contributed by atoms with van der Waals surface area (Å²) < 4.78 is 5.79. The van der Waals surface area contributed by atoms with Crippen molar-refractivity contribution in [2.75, 3.05) is 0 Å². The molecule has 2 aliphatic rings. The van der Waals surface area contributed by atoms with Gasteiger partial charge in [-0.1, -0.05) is 38.1 Å². The van der Waals surface area contributed by atoms with Crippen molar-refractivity contribution in [3.8, 4) is 0 Å². The highest BCUT2D eigenvalue weighted by Gasteiger charge is 2.30. The molecule has 1 aromatic rings. The van der Waals surface area contributed by atoms with Crippen molar-refractivity contribution < 1.29 is 9.53 Å². The zero-order valence-corrected chi connectivity index (χ0v) is 13.0. The molecule has 1 fully saturated rings. The van der Waals surface area contributed by atoms with Crippen LogP contribution in [0.2, 0.25) is 0 Å². The summed E-state index contributed by atoms with van der Waals surface area (Å²) in [5.41, 5.74) is 2.56. The minimum Gasteiger partial charge on any atom is -0.461 e. The van der Waals surface area contributed by atoms with Crippen molar-refractivity contribution in [2.24, 2.45) is 11.8 Å². The van der Waals surface area contributed by atoms with Crippen LogP contribution in [-0.4, -0.2) is 18.1 Å². The number of hydrogen-bond donors (Lipinski definition) is 1. The number of carbonyl (C=O) groups is 1. The van der Waals surface area contributed by atoms with E-state index >= 15 is 0 Å². The third kappa shape index (κ3) is 3.46. The van der Waals surface area contributed by atoms with Crippen molar-refractivity contribution in [3.05, 3.63) is 35.4 Å². The lowest BCUT2D eigenvalue weighted by Gasteiger charge is -2.33. The molecule has 2 unspecified atom stereocenters. The van der Waals surface area contributed by atoms with E-state index in [1.54, 1.807) is 0 Å². The van der Waals surface area contributed by atoms with E-state index in [-0.39, 0.29) is 18.1 Å². The number of benzene rings is 1. The molecule has 1 saturated carbocycles. The second-order valence-electron chi connectivity index (χ2n) is 6.88. The third-order valence-electron chi connectivity index (χ3n) is 4.78. The standard InChI is InChI=1S/C18H25NO2/c1-12-7-13(2)9-16(8-12)21-18(20)17-10-14-5-3-4-6-15(14)11-19-17/h3-6,12-13,16-17,19H,7-11H2,1-2H3/t12?,13?,16?,17-/m1/s1. The molecule has 0 amide bonds. The molecule has 21 heavy (non-hydrogen) atoms. The van der Waals surface area contributed by atoms with Gasteiger partial charge in [-0.15, -0.1) is 0 Å². The summed E-state index contributed by atoms with van der Waals surface area (Å²) in [6.45, 7) is 5.27. The monoisotopic (exact) mass is 287 g/mol. The van der Waals surface area contributed by atoms with Crippen molar-refractivity contribution >= 4 is 5.97 Å². The Labute approximate surface area is 127 Å². The second kappa shape index (κ2) is 6.18. The SMILES string of the molecule is CC1CC(C)CC(OC(=O)[C@H]2Cc3ccccc3CN2)C1. The number of carbonyl (C=O) groups excluding carboxylic acids is 1. The maximum Gasteiger partial charge on any atom is 0.323 e. The van der Waals surface area contributed by atoms with Gasteiger partial charge in [0.1, 0.15) is 12.1 Å². The normalized spacial score (nSPS) is 32.3. The van der Waals surface area contributed by atoms with Gasteiger partial charge in [-0.25, -0.2) is 0 Å². The molecule has 1 N–H and O–H groups in total. The van der Waals surface area contributed by atoms with Gasteiger partial charge in [0.2, 0.25) is 0 Å². The molecule has 3 heteroatoms. The van der Waals surface area contributed by atoms with Gasteiger partial charge in [0, 0.05) is 6.54 Å². The Morgan fingerprint density at radius 2 is 1.76 bits per heavy atom. The highest BCUT2D eigenvalue weighted by molar-refractivity contribution is 5.77. The molecule has 3 atom stereocenters. The summed E-state index contributed by atoms with van der Waals surface area (Å²) >= 11 is 0.